The van der Waals surface area contributed by atoms with Crippen LogP contribution in [0.3, 0.4) is 0 Å². The van der Waals surface area contributed by atoms with E-state index in [9.17, 15) is 9.90 Å². The highest BCUT2D eigenvalue weighted by atomic mass is 16.5. The van der Waals surface area contributed by atoms with Crippen molar-refractivity contribution >= 4 is 28.8 Å². The number of ether oxygens (including phenoxy) is 1. The number of aliphatic hydroxyl groups is 1. The molecule has 33 heavy (non-hydrogen) atoms. The third-order valence-electron chi connectivity index (χ3n) is 7.03. The van der Waals surface area contributed by atoms with Gasteiger partial charge in [0.05, 0.1) is 30.6 Å². The number of fused-ring (bicyclic) bond motifs is 1. The van der Waals surface area contributed by atoms with E-state index >= 15 is 0 Å². The predicted molar refractivity (Wildman–Crippen MR) is 124 cm³/mol. The van der Waals surface area contributed by atoms with E-state index in [0.29, 0.717) is 56.5 Å². The van der Waals surface area contributed by atoms with Crippen molar-refractivity contribution in [2.24, 2.45) is 11.5 Å². The molecule has 12 nitrogen and oxygen atoms in total. The number of aromatic nitrogens is 4. The van der Waals surface area contributed by atoms with Gasteiger partial charge in [0, 0.05) is 19.5 Å². The van der Waals surface area contributed by atoms with Gasteiger partial charge in [-0.05, 0) is 39.2 Å². The van der Waals surface area contributed by atoms with Gasteiger partial charge in [0.25, 0.3) is 0 Å². The van der Waals surface area contributed by atoms with Gasteiger partial charge in [-0.3, -0.25) is 4.79 Å². The molecule has 0 unspecified atom stereocenters. The summed E-state index contributed by atoms with van der Waals surface area (Å²) in [5, 5.41) is 11.2. The Morgan fingerprint density at radius 3 is 2.73 bits per heavy atom. The number of amides is 1. The Kier molecular flexibility index (Phi) is 6.45. The highest BCUT2D eigenvalue weighted by molar-refractivity contribution is 5.83. The van der Waals surface area contributed by atoms with Gasteiger partial charge in [0.2, 0.25) is 11.9 Å². The Labute approximate surface area is 192 Å². The number of nitrogens with zero attached hydrogens (tertiary/aromatic N) is 5. The summed E-state index contributed by atoms with van der Waals surface area (Å²) in [5.74, 6) is 0.231. The molecular weight excluding hydrogens is 426 g/mol. The fourth-order valence-electron chi connectivity index (χ4n) is 4.96. The van der Waals surface area contributed by atoms with E-state index in [1.807, 2.05) is 9.47 Å². The third kappa shape index (κ3) is 4.60. The molecule has 2 fully saturated rings. The molecule has 0 aromatic carbocycles. The molecule has 182 valence electrons. The minimum atomic E-state index is -1.15. The molecule has 2 aromatic heterocycles. The standard InChI is InChI=1S/C21H35N9O3/c1-20(32)11-33-21(5-8-29(9-6-21)18(31)13(23)4-2-3-7-22)10-14(20)30-12-26-15-16(24)27-19(25)28-17(15)30/h12-14,32H,2-11,22-23H2,1H3,(H4,24,25,27,28)/t13-,14+,20+/m1/s1. The van der Waals surface area contributed by atoms with Crippen molar-refractivity contribution in [3.8, 4) is 0 Å². The van der Waals surface area contributed by atoms with Crippen molar-refractivity contribution in [2.45, 2.75) is 68.7 Å². The number of nitrogens with two attached hydrogens (primary N) is 4. The second-order valence-corrected chi connectivity index (χ2v) is 9.56. The van der Waals surface area contributed by atoms with E-state index in [1.54, 1.807) is 13.3 Å². The summed E-state index contributed by atoms with van der Waals surface area (Å²) in [6.07, 6.45) is 5.83. The number of unbranched alkanes of at least 4 members (excludes halogenated alkanes) is 1. The van der Waals surface area contributed by atoms with Crippen LogP contribution < -0.4 is 22.9 Å². The van der Waals surface area contributed by atoms with E-state index in [0.717, 1.165) is 12.8 Å². The van der Waals surface area contributed by atoms with Crippen LogP contribution in [0, 0.1) is 0 Å². The minimum Gasteiger partial charge on any atom is -0.386 e. The summed E-state index contributed by atoms with van der Waals surface area (Å²) >= 11 is 0. The number of hydrogen-bond acceptors (Lipinski definition) is 10. The van der Waals surface area contributed by atoms with Gasteiger partial charge < -0.3 is 42.2 Å². The summed E-state index contributed by atoms with van der Waals surface area (Å²) < 4.78 is 8.05. The summed E-state index contributed by atoms with van der Waals surface area (Å²) in [6.45, 7) is 3.62. The predicted octanol–water partition coefficient (Wildman–Crippen LogP) is -0.479. The topological polar surface area (TPSA) is 197 Å². The Hall–Kier alpha value is -2.54. The SMILES string of the molecule is C[C@]1(O)COC2(CCN(C(=O)[C@H](N)CCCCN)CC2)C[C@@H]1n1cnc2c(N)nc(N)nc21. The van der Waals surface area contributed by atoms with Crippen molar-refractivity contribution in [2.75, 3.05) is 37.7 Å². The zero-order valence-corrected chi connectivity index (χ0v) is 19.1. The number of carbonyl (C=O) groups is 1. The van der Waals surface area contributed by atoms with Gasteiger partial charge in [-0.25, -0.2) is 4.98 Å². The Bertz CT molecular complexity index is 1000. The largest absolute Gasteiger partial charge is 0.386 e. The lowest BCUT2D eigenvalue weighted by atomic mass is 9.77. The van der Waals surface area contributed by atoms with Crippen LogP contribution in [0.4, 0.5) is 11.8 Å². The van der Waals surface area contributed by atoms with Gasteiger partial charge in [-0.15, -0.1) is 0 Å². The lowest BCUT2D eigenvalue weighted by molar-refractivity contribution is -0.201. The Morgan fingerprint density at radius 1 is 1.30 bits per heavy atom. The molecule has 0 bridgehead atoms. The highest BCUT2D eigenvalue weighted by Gasteiger charge is 2.50. The number of piperidine rings is 1. The first-order chi connectivity index (χ1) is 15.7. The van der Waals surface area contributed by atoms with E-state index < -0.39 is 17.2 Å². The fraction of sp³-hybridized carbons (Fsp3) is 0.714. The molecule has 1 spiro atoms. The van der Waals surface area contributed by atoms with Crippen LogP contribution in [-0.4, -0.2) is 78.9 Å². The summed E-state index contributed by atoms with van der Waals surface area (Å²) in [6, 6.07) is -0.856. The second-order valence-electron chi connectivity index (χ2n) is 9.56. The van der Waals surface area contributed by atoms with Crippen LogP contribution in [0.25, 0.3) is 11.2 Å². The lowest BCUT2D eigenvalue weighted by Gasteiger charge is -2.51. The molecule has 0 aliphatic carbocycles. The molecule has 1 amide bonds. The molecule has 0 saturated carbocycles. The summed E-state index contributed by atoms with van der Waals surface area (Å²) in [7, 11) is 0. The van der Waals surface area contributed by atoms with Crippen LogP contribution >= 0.6 is 0 Å². The molecule has 2 saturated heterocycles. The first-order valence-corrected chi connectivity index (χ1v) is 11.5. The van der Waals surface area contributed by atoms with Crippen molar-refractivity contribution in [3.05, 3.63) is 6.33 Å². The van der Waals surface area contributed by atoms with Gasteiger partial charge in [-0.2, -0.15) is 9.97 Å². The van der Waals surface area contributed by atoms with Crippen molar-refractivity contribution in [1.29, 1.82) is 0 Å². The maximum atomic E-state index is 12.8. The Morgan fingerprint density at radius 2 is 2.03 bits per heavy atom. The molecule has 2 aromatic rings. The highest BCUT2D eigenvalue weighted by Crippen LogP contribution is 2.44. The molecular formula is C21H35N9O3. The van der Waals surface area contributed by atoms with Crippen LogP contribution in [0.15, 0.2) is 6.33 Å². The van der Waals surface area contributed by atoms with Gasteiger partial charge >= 0.3 is 0 Å². The quantitative estimate of drug-likeness (QED) is 0.350. The smallest absolute Gasteiger partial charge is 0.239 e. The molecule has 12 heteroatoms. The number of rotatable bonds is 6. The number of imidazole rings is 1. The normalized spacial score (nSPS) is 26.1. The number of carbonyl (C=O) groups excluding carboxylic acids is 1. The number of hydrogen-bond donors (Lipinski definition) is 5. The van der Waals surface area contributed by atoms with Crippen LogP contribution in [0.1, 0.15) is 51.5 Å². The molecule has 4 rings (SSSR count). The van der Waals surface area contributed by atoms with Crippen molar-refractivity contribution in [1.82, 2.24) is 24.4 Å². The van der Waals surface area contributed by atoms with Crippen molar-refractivity contribution in [3.63, 3.8) is 0 Å². The third-order valence-corrected chi connectivity index (χ3v) is 7.03. The second kappa shape index (κ2) is 9.01. The molecule has 3 atom stereocenters. The van der Waals surface area contributed by atoms with Crippen molar-refractivity contribution < 1.29 is 14.6 Å². The minimum absolute atomic E-state index is 0.0236. The maximum Gasteiger partial charge on any atom is 0.239 e. The zero-order chi connectivity index (χ0) is 23.8. The molecule has 0 radical (unpaired) electrons. The summed E-state index contributed by atoms with van der Waals surface area (Å²) in [4.78, 5) is 27.2. The number of nitrogen functional groups attached to an aromatic ring is 2. The number of likely N-dealkylation sites (tertiary alicyclic amines) is 1. The van der Waals surface area contributed by atoms with E-state index in [4.69, 9.17) is 27.7 Å². The van der Waals surface area contributed by atoms with Crippen LogP contribution in [0.2, 0.25) is 0 Å². The zero-order valence-electron chi connectivity index (χ0n) is 19.1. The first-order valence-electron chi connectivity index (χ1n) is 11.5. The van der Waals surface area contributed by atoms with Crippen LogP contribution in [-0.2, 0) is 9.53 Å². The first kappa shape index (κ1) is 23.6. The van der Waals surface area contributed by atoms with E-state index in [1.165, 1.54) is 0 Å². The molecule has 2 aliphatic rings. The molecule has 9 N–H and O–H groups in total. The maximum absolute atomic E-state index is 12.8. The van der Waals surface area contributed by atoms with E-state index in [-0.39, 0.29) is 30.3 Å². The fourth-order valence-corrected chi connectivity index (χ4v) is 4.96. The van der Waals surface area contributed by atoms with E-state index in [2.05, 4.69) is 15.0 Å². The average molecular weight is 462 g/mol. The van der Waals surface area contributed by atoms with Crippen LogP contribution in [0.5, 0.6) is 0 Å². The molecule has 2 aliphatic heterocycles. The monoisotopic (exact) mass is 461 g/mol. The molecule has 4 heterocycles. The Balaban J connectivity index is 1.49. The average Bonchev–Trinajstić information content (AvgIpc) is 3.19. The lowest BCUT2D eigenvalue weighted by Crippen LogP contribution is -2.58. The van der Waals surface area contributed by atoms with Gasteiger partial charge in [-0.1, -0.05) is 6.42 Å². The van der Waals surface area contributed by atoms with Gasteiger partial charge in [0.1, 0.15) is 11.1 Å². The van der Waals surface area contributed by atoms with Gasteiger partial charge in [0.15, 0.2) is 11.5 Å². The number of anilines is 2. The summed E-state index contributed by atoms with van der Waals surface area (Å²) in [5.41, 5.74) is 22.7.